The lowest BCUT2D eigenvalue weighted by molar-refractivity contribution is 1.94. The molecule has 0 rings (SSSR count). The summed E-state index contributed by atoms with van der Waals surface area (Å²) in [4.78, 5) is 0. The van der Waals surface area contributed by atoms with Gasteiger partial charge in [-0.15, -0.1) is 0 Å². The van der Waals surface area contributed by atoms with E-state index in [2.05, 4.69) is 0 Å². The molecule has 0 saturated heterocycles. The highest BCUT2D eigenvalue weighted by molar-refractivity contribution is 6.59. The van der Waals surface area contributed by atoms with Gasteiger partial charge >= 0.3 is 0 Å². The first kappa shape index (κ1) is 8.64. The fourth-order valence-electron chi connectivity index (χ4n) is 0.118. The number of halogens is 4. The molecule has 0 amide bonds. The first-order valence-corrected chi connectivity index (χ1v) is 3.23. The molecule has 8 heavy (non-hydrogen) atoms. The van der Waals surface area contributed by atoms with Gasteiger partial charge in [0.15, 0.2) is 0 Å². The van der Waals surface area contributed by atoms with Crippen molar-refractivity contribution in [2.24, 2.45) is 0 Å². The van der Waals surface area contributed by atoms with Crippen molar-refractivity contribution in [3.63, 3.8) is 0 Å². The Morgan fingerprint density at radius 2 is 1.62 bits per heavy atom. The van der Waals surface area contributed by atoms with Crippen molar-refractivity contribution in [2.45, 2.75) is 0 Å². The second-order valence-corrected chi connectivity index (χ2v) is 2.51. The summed E-state index contributed by atoms with van der Waals surface area (Å²) in [5, 5.41) is 0.239. The van der Waals surface area contributed by atoms with Crippen LogP contribution in [0.3, 0.4) is 0 Å². The van der Waals surface area contributed by atoms with Crippen molar-refractivity contribution < 1.29 is 0 Å². The summed E-state index contributed by atoms with van der Waals surface area (Å²) in [7, 11) is 0. The summed E-state index contributed by atoms with van der Waals surface area (Å²) < 4.78 is 0.0172. The molecule has 46 valence electrons. The highest BCUT2D eigenvalue weighted by atomic mass is 35.5. The zero-order chi connectivity index (χ0) is 6.57. The maximum Gasteiger partial charge on any atom is 0.125 e. The summed E-state index contributed by atoms with van der Waals surface area (Å²) in [5.41, 5.74) is 1.23. The van der Waals surface area contributed by atoms with Crippen LogP contribution in [-0.2, 0) is 0 Å². The van der Waals surface area contributed by atoms with Crippen LogP contribution in [0.2, 0.25) is 0 Å². The fraction of sp³-hybridized carbons (Fsp3) is 0. The van der Waals surface area contributed by atoms with Gasteiger partial charge in [0.2, 0.25) is 0 Å². The summed E-state index contributed by atoms with van der Waals surface area (Å²) in [6, 6.07) is 0. The lowest BCUT2D eigenvalue weighted by Gasteiger charge is -1.83. The van der Waals surface area contributed by atoms with Crippen molar-refractivity contribution in [1.82, 2.24) is 0 Å². The third kappa shape index (κ3) is 3.62. The van der Waals surface area contributed by atoms with Crippen LogP contribution >= 0.6 is 46.4 Å². The van der Waals surface area contributed by atoms with Gasteiger partial charge in [0.05, 0.1) is 5.03 Å². The Labute approximate surface area is 67.7 Å². The van der Waals surface area contributed by atoms with Gasteiger partial charge in [0.25, 0.3) is 0 Å². The van der Waals surface area contributed by atoms with Gasteiger partial charge in [-0.05, 0) is 6.08 Å². The third-order valence-corrected chi connectivity index (χ3v) is 1.43. The van der Waals surface area contributed by atoms with Crippen LogP contribution in [-0.4, -0.2) is 0 Å². The van der Waals surface area contributed by atoms with Gasteiger partial charge in [0, 0.05) is 5.54 Å². The molecule has 0 aliphatic carbocycles. The van der Waals surface area contributed by atoms with Crippen molar-refractivity contribution in [2.75, 3.05) is 0 Å². The zero-order valence-electron chi connectivity index (χ0n) is 3.67. The number of allylic oxidation sites excluding steroid dienone is 2. The molecule has 0 fully saturated rings. The smallest absolute Gasteiger partial charge is 0.0929 e. The number of hydrogen-bond donors (Lipinski definition) is 0. The minimum Gasteiger partial charge on any atom is -0.0929 e. The quantitative estimate of drug-likeness (QED) is 0.556. The molecule has 0 atom stereocenters. The lowest BCUT2D eigenvalue weighted by Crippen LogP contribution is -1.59. The van der Waals surface area contributed by atoms with Crippen LogP contribution in [0.4, 0.5) is 0 Å². The predicted molar refractivity (Wildman–Crippen MR) is 39.6 cm³/mol. The molecule has 0 aliphatic rings. The predicted octanol–water partition coefficient (Wildman–Crippen LogP) is 3.62. The Kier molecular flexibility index (Phi) is 4.87. The number of hydrogen-bond acceptors (Lipinski definition) is 0. The highest BCUT2D eigenvalue weighted by Crippen LogP contribution is 2.18. The van der Waals surface area contributed by atoms with Gasteiger partial charge < -0.3 is 0 Å². The first-order chi connectivity index (χ1) is 3.68. The SMILES string of the molecule is Cl/C=C/C(Cl)=C(Cl)Cl. The van der Waals surface area contributed by atoms with Gasteiger partial charge in [-0.2, -0.15) is 0 Å². The van der Waals surface area contributed by atoms with Gasteiger partial charge in [-0.25, -0.2) is 0 Å². The van der Waals surface area contributed by atoms with E-state index in [1.165, 1.54) is 11.6 Å². The van der Waals surface area contributed by atoms with E-state index in [9.17, 15) is 0 Å². The van der Waals surface area contributed by atoms with E-state index >= 15 is 0 Å². The van der Waals surface area contributed by atoms with Gasteiger partial charge in [-0.3, -0.25) is 0 Å². The molecule has 0 unspecified atom stereocenters. The minimum absolute atomic E-state index is 0.0172. The summed E-state index contributed by atoms with van der Waals surface area (Å²) in [5.74, 6) is 0. The van der Waals surface area contributed by atoms with Crippen LogP contribution in [0, 0.1) is 0 Å². The van der Waals surface area contributed by atoms with Crippen LogP contribution < -0.4 is 0 Å². The maximum atomic E-state index is 5.36. The average molecular weight is 192 g/mol. The van der Waals surface area contributed by atoms with Gasteiger partial charge in [-0.1, -0.05) is 46.4 Å². The Bertz CT molecular complexity index is 120. The fourth-order valence-corrected chi connectivity index (χ4v) is 0.498. The highest BCUT2D eigenvalue weighted by Gasteiger charge is 1.89. The Morgan fingerprint density at radius 1 is 1.12 bits per heavy atom. The van der Waals surface area contributed by atoms with Crippen molar-refractivity contribution in [3.05, 3.63) is 21.1 Å². The second-order valence-electron chi connectivity index (χ2n) is 0.901. The average Bonchev–Trinajstić information content (AvgIpc) is 1.67. The van der Waals surface area contributed by atoms with Crippen molar-refractivity contribution >= 4 is 46.4 Å². The van der Waals surface area contributed by atoms with Crippen molar-refractivity contribution in [3.8, 4) is 0 Å². The third-order valence-electron chi connectivity index (χ3n) is 0.390. The Morgan fingerprint density at radius 3 is 1.75 bits per heavy atom. The summed E-state index contributed by atoms with van der Waals surface area (Å²) >= 11 is 20.9. The standard InChI is InChI=1S/C4H2Cl4/c5-2-1-3(6)4(7)8/h1-2H/b2-1+. The molecule has 0 bridgehead atoms. The first-order valence-electron chi connectivity index (χ1n) is 1.66. The minimum atomic E-state index is 0.0172. The molecular formula is C4H2Cl4. The molecule has 0 aromatic carbocycles. The molecule has 0 saturated carbocycles. The molecule has 0 aromatic heterocycles. The second kappa shape index (κ2) is 4.51. The maximum absolute atomic E-state index is 5.36. The van der Waals surface area contributed by atoms with Crippen molar-refractivity contribution in [1.29, 1.82) is 0 Å². The topological polar surface area (TPSA) is 0 Å². The van der Waals surface area contributed by atoms with E-state index < -0.39 is 0 Å². The molecule has 0 aromatic rings. The van der Waals surface area contributed by atoms with E-state index in [0.717, 1.165) is 0 Å². The normalized spacial score (nSPS) is 10.0. The van der Waals surface area contributed by atoms with E-state index in [-0.39, 0.29) is 9.52 Å². The summed E-state index contributed by atoms with van der Waals surface area (Å²) in [6.07, 6.45) is 1.39. The molecule has 0 aliphatic heterocycles. The Balaban J connectivity index is 4.00. The molecule has 0 radical (unpaired) electrons. The van der Waals surface area contributed by atoms with E-state index in [1.807, 2.05) is 0 Å². The largest absolute Gasteiger partial charge is 0.125 e. The molecular weight excluding hydrogens is 190 g/mol. The summed E-state index contributed by atoms with van der Waals surface area (Å²) in [6.45, 7) is 0. The zero-order valence-corrected chi connectivity index (χ0v) is 6.69. The molecule has 0 heterocycles. The van der Waals surface area contributed by atoms with Gasteiger partial charge in [0.1, 0.15) is 4.49 Å². The number of rotatable bonds is 1. The van der Waals surface area contributed by atoms with Crippen LogP contribution in [0.5, 0.6) is 0 Å². The van der Waals surface area contributed by atoms with E-state index in [0.29, 0.717) is 0 Å². The van der Waals surface area contributed by atoms with E-state index in [4.69, 9.17) is 46.4 Å². The lowest BCUT2D eigenvalue weighted by atomic mass is 10.6. The van der Waals surface area contributed by atoms with E-state index in [1.54, 1.807) is 0 Å². The monoisotopic (exact) mass is 190 g/mol. The molecule has 0 nitrogen and oxygen atoms in total. The molecule has 4 heteroatoms. The van der Waals surface area contributed by atoms with Crippen LogP contribution in [0.25, 0.3) is 0 Å². The molecule has 0 spiro atoms. The van der Waals surface area contributed by atoms with Crippen LogP contribution in [0.1, 0.15) is 0 Å². The Hall–Kier alpha value is 0.640. The van der Waals surface area contributed by atoms with Crippen LogP contribution in [0.15, 0.2) is 21.1 Å². The molecule has 0 N–H and O–H groups in total.